The number of carboxylic acid groups (broad SMARTS) is 1. The fourth-order valence-electron chi connectivity index (χ4n) is 5.36. The van der Waals surface area contributed by atoms with Gasteiger partial charge in [-0.1, -0.05) is 47.1 Å². The van der Waals surface area contributed by atoms with Crippen molar-refractivity contribution in [1.29, 1.82) is 5.26 Å². The van der Waals surface area contributed by atoms with Crippen molar-refractivity contribution in [2.45, 2.75) is 52.7 Å². The van der Waals surface area contributed by atoms with Crippen molar-refractivity contribution in [3.8, 4) is 34.4 Å². The number of aliphatic carboxylic acids is 1. The number of hydrogen-bond acceptors (Lipinski definition) is 10. The van der Waals surface area contributed by atoms with Crippen LogP contribution in [0.4, 0.5) is 0 Å². The lowest BCUT2D eigenvalue weighted by Crippen LogP contribution is -2.28. The second-order valence-electron chi connectivity index (χ2n) is 11.4. The highest BCUT2D eigenvalue weighted by atomic mass is 35.5. The van der Waals surface area contributed by atoms with Gasteiger partial charge in [0.2, 0.25) is 0 Å². The highest BCUT2D eigenvalue weighted by Crippen LogP contribution is 2.36. The number of carboxylic acids is 1. The molecule has 1 unspecified atom stereocenters. The van der Waals surface area contributed by atoms with Crippen LogP contribution in [0.2, 0.25) is 5.02 Å². The molecule has 0 amide bonds. The van der Waals surface area contributed by atoms with Crippen molar-refractivity contribution >= 4 is 17.6 Å². The van der Waals surface area contributed by atoms with E-state index in [1.807, 2.05) is 37.4 Å². The molecule has 0 aliphatic rings. The molecule has 0 aliphatic heterocycles. The molecule has 3 aromatic carbocycles. The number of ether oxygens (including phenoxy) is 2. The monoisotopic (exact) mass is 681 g/mol. The Morgan fingerprint density at radius 2 is 1.80 bits per heavy atom. The number of nitrogens with two attached hydrogens (primary N) is 1. The van der Waals surface area contributed by atoms with Crippen LogP contribution in [0.15, 0.2) is 73.2 Å². The third-order valence-corrected chi connectivity index (χ3v) is 8.26. The second-order valence-corrected chi connectivity index (χ2v) is 11.8. The summed E-state index contributed by atoms with van der Waals surface area (Å²) in [7, 11) is 0. The van der Waals surface area contributed by atoms with Gasteiger partial charge < -0.3 is 30.7 Å². The molecule has 0 bridgehead atoms. The molecule has 252 valence electrons. The Kier molecular flexibility index (Phi) is 11.6. The highest BCUT2D eigenvalue weighted by Gasteiger charge is 2.17. The normalized spacial score (nSPS) is 11.6. The predicted octanol–water partition coefficient (Wildman–Crippen LogP) is 5.01. The first kappa shape index (κ1) is 35.0. The topological polar surface area (TPSA) is 181 Å². The Labute approximate surface area is 288 Å². The number of rotatable bonds is 15. The number of halogens is 1. The number of nitriles is 1. The number of carbonyl (C=O) groups is 1. The third kappa shape index (κ3) is 8.78. The van der Waals surface area contributed by atoms with Gasteiger partial charge in [-0.05, 0) is 59.9 Å². The molecule has 0 fully saturated rings. The Morgan fingerprint density at radius 3 is 2.53 bits per heavy atom. The van der Waals surface area contributed by atoms with E-state index in [-0.39, 0.29) is 32.7 Å². The molecule has 5 N–H and O–H groups in total. The Morgan fingerprint density at radius 1 is 1.04 bits per heavy atom. The van der Waals surface area contributed by atoms with E-state index in [4.69, 9.17) is 31.9 Å². The SMILES string of the molecule is Cc1c(COc2cc(OCc3cncc(C#N)c3)c(CNCC(O)CC(=O)O)cc2Cl)cccc1-c1cccc(-n2cc(CN)nn2)c1C. The summed E-state index contributed by atoms with van der Waals surface area (Å²) in [5.41, 5.74) is 14.3. The van der Waals surface area contributed by atoms with E-state index in [2.05, 4.69) is 45.7 Å². The fraction of sp³-hybridized carbons (Fsp3) is 0.250. The number of nitrogens with one attached hydrogen (secondary N) is 1. The lowest BCUT2D eigenvalue weighted by atomic mass is 9.93. The van der Waals surface area contributed by atoms with Gasteiger partial charge in [0.1, 0.15) is 30.8 Å². The van der Waals surface area contributed by atoms with Crippen molar-refractivity contribution in [3.05, 3.63) is 117 Å². The maximum atomic E-state index is 10.9. The number of aromatic nitrogens is 4. The van der Waals surface area contributed by atoms with Gasteiger partial charge in [0.15, 0.2) is 0 Å². The molecule has 5 rings (SSSR count). The van der Waals surface area contributed by atoms with E-state index < -0.39 is 12.1 Å². The van der Waals surface area contributed by atoms with Gasteiger partial charge in [-0.15, -0.1) is 5.10 Å². The third-order valence-electron chi connectivity index (χ3n) is 7.96. The number of nitrogens with zero attached hydrogens (tertiary/aromatic N) is 5. The summed E-state index contributed by atoms with van der Waals surface area (Å²) in [6.45, 7) is 5.06. The minimum absolute atomic E-state index is 0.0569. The number of pyridine rings is 1. The average molecular weight is 682 g/mol. The minimum Gasteiger partial charge on any atom is -0.488 e. The van der Waals surface area contributed by atoms with Crippen LogP contribution in [-0.4, -0.2) is 48.8 Å². The van der Waals surface area contributed by atoms with Gasteiger partial charge >= 0.3 is 5.97 Å². The molecular weight excluding hydrogens is 646 g/mol. The molecule has 2 heterocycles. The lowest BCUT2D eigenvalue weighted by molar-refractivity contribution is -0.139. The van der Waals surface area contributed by atoms with Crippen LogP contribution in [0.5, 0.6) is 11.5 Å². The van der Waals surface area contributed by atoms with Crippen molar-refractivity contribution in [3.63, 3.8) is 0 Å². The van der Waals surface area contributed by atoms with E-state index in [0.717, 1.165) is 33.5 Å². The largest absolute Gasteiger partial charge is 0.488 e. The first-order valence-corrected chi connectivity index (χ1v) is 15.9. The Bertz CT molecular complexity index is 1990. The molecule has 13 heteroatoms. The first-order valence-electron chi connectivity index (χ1n) is 15.5. The zero-order chi connectivity index (χ0) is 34.9. The van der Waals surface area contributed by atoms with E-state index in [1.165, 1.54) is 6.20 Å². The van der Waals surface area contributed by atoms with Crippen LogP contribution in [0.3, 0.4) is 0 Å². The number of aliphatic hydroxyl groups is 1. The van der Waals surface area contributed by atoms with Crippen molar-refractivity contribution in [2.75, 3.05) is 6.54 Å². The molecule has 1 atom stereocenters. The molecule has 0 saturated heterocycles. The Hall–Kier alpha value is -5.32. The highest BCUT2D eigenvalue weighted by molar-refractivity contribution is 6.32. The van der Waals surface area contributed by atoms with E-state index in [9.17, 15) is 15.2 Å². The van der Waals surface area contributed by atoms with Crippen LogP contribution in [0.25, 0.3) is 16.8 Å². The summed E-state index contributed by atoms with van der Waals surface area (Å²) in [5, 5.41) is 40.0. The summed E-state index contributed by atoms with van der Waals surface area (Å²) < 4.78 is 14.2. The molecule has 0 saturated carbocycles. The number of hydrogen-bond donors (Lipinski definition) is 4. The summed E-state index contributed by atoms with van der Waals surface area (Å²) in [6, 6.07) is 19.3. The van der Waals surface area contributed by atoms with Gasteiger partial charge in [-0.2, -0.15) is 5.26 Å². The minimum atomic E-state index is -1.09. The van der Waals surface area contributed by atoms with Gasteiger partial charge in [-0.3, -0.25) is 9.78 Å². The van der Waals surface area contributed by atoms with Crippen molar-refractivity contribution in [1.82, 2.24) is 25.3 Å². The zero-order valence-corrected chi connectivity index (χ0v) is 27.8. The van der Waals surface area contributed by atoms with Crippen molar-refractivity contribution in [2.24, 2.45) is 5.73 Å². The summed E-state index contributed by atoms with van der Waals surface area (Å²) >= 11 is 6.71. The zero-order valence-electron chi connectivity index (χ0n) is 27.1. The molecule has 5 aromatic rings. The maximum absolute atomic E-state index is 10.9. The second kappa shape index (κ2) is 16.2. The summed E-state index contributed by atoms with van der Waals surface area (Å²) in [6.07, 6.45) is 3.48. The molecule has 0 spiro atoms. The first-order chi connectivity index (χ1) is 23.7. The molecule has 12 nitrogen and oxygen atoms in total. The van der Waals surface area contributed by atoms with Crippen LogP contribution in [-0.2, 0) is 31.1 Å². The lowest BCUT2D eigenvalue weighted by Gasteiger charge is -2.18. The molecular formula is C36H36ClN7O5. The smallest absolute Gasteiger partial charge is 0.306 e. The van der Waals surface area contributed by atoms with E-state index >= 15 is 0 Å². The van der Waals surface area contributed by atoms with Crippen LogP contribution >= 0.6 is 11.6 Å². The van der Waals surface area contributed by atoms with Crippen LogP contribution in [0.1, 0.15) is 45.5 Å². The quantitative estimate of drug-likeness (QED) is 0.117. The maximum Gasteiger partial charge on any atom is 0.306 e. The van der Waals surface area contributed by atoms with E-state index in [1.54, 1.807) is 29.1 Å². The summed E-state index contributed by atoms with van der Waals surface area (Å²) in [5.74, 6) is -0.223. The van der Waals surface area contributed by atoms with Crippen molar-refractivity contribution < 1.29 is 24.5 Å². The number of benzene rings is 3. The fourth-order valence-corrected chi connectivity index (χ4v) is 5.60. The van der Waals surface area contributed by atoms with Crippen LogP contribution < -0.4 is 20.5 Å². The predicted molar refractivity (Wildman–Crippen MR) is 183 cm³/mol. The van der Waals surface area contributed by atoms with E-state index in [0.29, 0.717) is 45.5 Å². The summed E-state index contributed by atoms with van der Waals surface area (Å²) in [4.78, 5) is 15.0. The average Bonchev–Trinajstić information content (AvgIpc) is 3.57. The van der Waals surface area contributed by atoms with Gasteiger partial charge in [-0.25, -0.2) is 4.68 Å². The van der Waals surface area contributed by atoms with Crippen LogP contribution in [0, 0.1) is 25.2 Å². The molecule has 0 radical (unpaired) electrons. The number of aliphatic hydroxyl groups excluding tert-OH is 1. The van der Waals surface area contributed by atoms with Gasteiger partial charge in [0.05, 0.1) is 40.7 Å². The molecule has 2 aromatic heterocycles. The molecule has 0 aliphatic carbocycles. The van der Waals surface area contributed by atoms with Gasteiger partial charge in [0, 0.05) is 49.2 Å². The molecule has 49 heavy (non-hydrogen) atoms. The standard InChI is InChI=1S/C36H36ClN7O5/c1-22-26(5-3-6-30(22)31-7-4-8-33(23(31)2)44-19-28(14-39)42-43-44)21-49-35-12-34(48-20-25-9-24(13-38)15-40-16-25)27(10-32(35)37)17-41-18-29(45)11-36(46)47/h3-10,12,15-16,19,29,41,45H,11,14,17-18,20-21,39H2,1-2H3,(H,46,47). The Balaban J connectivity index is 1.37. The van der Waals surface area contributed by atoms with Gasteiger partial charge in [0.25, 0.3) is 0 Å².